The van der Waals surface area contributed by atoms with Crippen LogP contribution in [0.3, 0.4) is 0 Å². The van der Waals surface area contributed by atoms with Crippen molar-refractivity contribution >= 4 is 54.5 Å². The molecule has 8 heteroatoms. The van der Waals surface area contributed by atoms with E-state index < -0.39 is 10.0 Å². The first-order valence-corrected chi connectivity index (χ1v) is 9.08. The summed E-state index contributed by atoms with van der Waals surface area (Å²) in [5.74, 6) is 0. The molecular formula is C12H11BrN2O2S3. The molecule has 0 bridgehead atoms. The molecule has 0 aliphatic heterocycles. The highest BCUT2D eigenvalue weighted by atomic mass is 79.9. The van der Waals surface area contributed by atoms with Crippen LogP contribution in [0.2, 0.25) is 0 Å². The van der Waals surface area contributed by atoms with Crippen LogP contribution in [0, 0.1) is 0 Å². The molecule has 0 fully saturated rings. The van der Waals surface area contributed by atoms with Gasteiger partial charge < -0.3 is 5.73 Å². The van der Waals surface area contributed by atoms with Crippen LogP contribution in [0.1, 0.15) is 11.1 Å². The smallest absolute Gasteiger partial charge is 0.251 e. The molecule has 1 aromatic heterocycles. The van der Waals surface area contributed by atoms with E-state index >= 15 is 0 Å². The Bertz CT molecular complexity index is 741. The summed E-state index contributed by atoms with van der Waals surface area (Å²) < 4.78 is 27.6. The summed E-state index contributed by atoms with van der Waals surface area (Å²) >= 11 is 9.27. The van der Waals surface area contributed by atoms with E-state index in [1.54, 1.807) is 29.6 Å². The van der Waals surface area contributed by atoms with E-state index in [0.29, 0.717) is 10.0 Å². The fourth-order valence-corrected chi connectivity index (χ4v) is 5.07. The van der Waals surface area contributed by atoms with Gasteiger partial charge in [0.25, 0.3) is 10.0 Å². The van der Waals surface area contributed by atoms with E-state index in [9.17, 15) is 8.42 Å². The molecule has 0 saturated heterocycles. The summed E-state index contributed by atoms with van der Waals surface area (Å²) in [4.78, 5) is 0.288. The van der Waals surface area contributed by atoms with Crippen molar-refractivity contribution in [2.45, 2.75) is 10.8 Å². The van der Waals surface area contributed by atoms with Gasteiger partial charge in [0.15, 0.2) is 0 Å². The summed E-state index contributed by atoms with van der Waals surface area (Å²) in [6, 6.07) is 8.87. The number of halogens is 1. The molecule has 0 spiro atoms. The van der Waals surface area contributed by atoms with Gasteiger partial charge >= 0.3 is 0 Å². The van der Waals surface area contributed by atoms with Gasteiger partial charge in [-0.15, -0.1) is 11.3 Å². The van der Waals surface area contributed by atoms with Gasteiger partial charge in [0.1, 0.15) is 9.20 Å². The van der Waals surface area contributed by atoms with Crippen LogP contribution in [0.4, 0.5) is 0 Å². The van der Waals surface area contributed by atoms with Gasteiger partial charge in [0, 0.05) is 16.6 Å². The van der Waals surface area contributed by atoms with Crippen LogP contribution in [-0.2, 0) is 16.6 Å². The average molecular weight is 391 g/mol. The second-order valence-electron chi connectivity index (χ2n) is 3.95. The van der Waals surface area contributed by atoms with Crippen molar-refractivity contribution in [1.82, 2.24) is 4.72 Å². The fraction of sp³-hybridized carbons (Fsp3) is 0.0833. The van der Waals surface area contributed by atoms with Gasteiger partial charge in [-0.05, 0) is 39.0 Å². The third-order valence-corrected chi connectivity index (χ3v) is 6.81. The highest BCUT2D eigenvalue weighted by Crippen LogP contribution is 2.27. The van der Waals surface area contributed by atoms with Crippen LogP contribution in [-0.4, -0.2) is 13.4 Å². The summed E-state index contributed by atoms with van der Waals surface area (Å²) in [6.07, 6.45) is 0. The first kappa shape index (κ1) is 15.6. The topological polar surface area (TPSA) is 72.2 Å². The molecule has 0 saturated carbocycles. The van der Waals surface area contributed by atoms with Crippen LogP contribution < -0.4 is 10.5 Å². The predicted octanol–water partition coefficient (Wildman–Crippen LogP) is 2.62. The van der Waals surface area contributed by atoms with Crippen molar-refractivity contribution < 1.29 is 8.42 Å². The van der Waals surface area contributed by atoms with Crippen molar-refractivity contribution in [3.8, 4) is 0 Å². The number of nitrogens with one attached hydrogen (secondary N) is 1. The highest BCUT2D eigenvalue weighted by molar-refractivity contribution is 9.10. The zero-order valence-electron chi connectivity index (χ0n) is 10.2. The lowest BCUT2D eigenvalue weighted by Crippen LogP contribution is -2.23. The van der Waals surface area contributed by atoms with E-state index in [2.05, 4.69) is 20.7 Å². The predicted molar refractivity (Wildman–Crippen MR) is 88.4 cm³/mol. The number of hydrogen-bond donors (Lipinski definition) is 2. The minimum absolute atomic E-state index is 0.184. The van der Waals surface area contributed by atoms with Crippen LogP contribution >= 0.6 is 39.5 Å². The number of thiophene rings is 1. The van der Waals surface area contributed by atoms with Crippen LogP contribution in [0.5, 0.6) is 0 Å². The second-order valence-corrected chi connectivity index (χ2v) is 8.12. The molecule has 20 heavy (non-hydrogen) atoms. The molecule has 2 rings (SSSR count). The van der Waals surface area contributed by atoms with Gasteiger partial charge in [-0.1, -0.05) is 30.4 Å². The Labute approximate surface area is 135 Å². The second kappa shape index (κ2) is 6.31. The highest BCUT2D eigenvalue weighted by Gasteiger charge is 2.18. The van der Waals surface area contributed by atoms with Crippen molar-refractivity contribution in [3.63, 3.8) is 0 Å². The SMILES string of the molecule is NC(=S)c1cccc(CNS(=O)(=O)c2sccc2Br)c1. The van der Waals surface area contributed by atoms with Gasteiger partial charge in [0.2, 0.25) is 0 Å². The molecule has 106 valence electrons. The van der Waals surface area contributed by atoms with E-state index in [0.717, 1.165) is 16.9 Å². The number of rotatable bonds is 5. The first-order chi connectivity index (χ1) is 9.40. The monoisotopic (exact) mass is 390 g/mol. The summed E-state index contributed by atoms with van der Waals surface area (Å²) in [5, 5.41) is 1.71. The molecule has 0 unspecified atom stereocenters. The van der Waals surface area contributed by atoms with E-state index in [1.165, 1.54) is 0 Å². The maximum atomic E-state index is 12.1. The standard InChI is InChI=1S/C12H11BrN2O2S3/c13-10-4-5-19-12(10)20(16,17)15-7-8-2-1-3-9(6-8)11(14)18/h1-6,15H,7H2,(H2,14,18). The van der Waals surface area contributed by atoms with Gasteiger partial charge in [-0.25, -0.2) is 13.1 Å². The largest absolute Gasteiger partial charge is 0.389 e. The number of hydrogen-bond acceptors (Lipinski definition) is 4. The van der Waals surface area contributed by atoms with E-state index in [4.69, 9.17) is 18.0 Å². The Kier molecular flexibility index (Phi) is 4.92. The Morgan fingerprint density at radius 3 is 2.75 bits per heavy atom. The van der Waals surface area contributed by atoms with Crippen LogP contribution in [0.25, 0.3) is 0 Å². The minimum atomic E-state index is -3.52. The number of sulfonamides is 1. The zero-order chi connectivity index (χ0) is 14.8. The van der Waals surface area contributed by atoms with Gasteiger partial charge in [-0.2, -0.15) is 0 Å². The maximum absolute atomic E-state index is 12.1. The quantitative estimate of drug-likeness (QED) is 0.769. The van der Waals surface area contributed by atoms with Crippen molar-refractivity contribution in [2.24, 2.45) is 5.73 Å². The normalized spacial score (nSPS) is 11.4. The molecule has 0 atom stereocenters. The Hall–Kier alpha value is -0.800. The summed E-state index contributed by atoms with van der Waals surface area (Å²) in [5.41, 5.74) is 7.06. The maximum Gasteiger partial charge on any atom is 0.251 e. The Balaban J connectivity index is 2.15. The summed E-state index contributed by atoms with van der Waals surface area (Å²) in [7, 11) is -3.52. The lowest BCUT2D eigenvalue weighted by Gasteiger charge is -2.07. The third-order valence-electron chi connectivity index (χ3n) is 2.51. The van der Waals surface area contributed by atoms with Crippen molar-refractivity contribution in [2.75, 3.05) is 0 Å². The molecule has 2 aromatic rings. The molecule has 1 aromatic carbocycles. The molecule has 3 N–H and O–H groups in total. The lowest BCUT2D eigenvalue weighted by atomic mass is 10.1. The lowest BCUT2D eigenvalue weighted by molar-refractivity contribution is 0.583. The molecule has 0 aliphatic rings. The van der Waals surface area contributed by atoms with Crippen molar-refractivity contribution in [3.05, 3.63) is 51.3 Å². The fourth-order valence-electron chi connectivity index (χ4n) is 1.55. The number of nitrogens with two attached hydrogens (primary N) is 1. The Morgan fingerprint density at radius 1 is 1.40 bits per heavy atom. The average Bonchev–Trinajstić information content (AvgIpc) is 2.84. The van der Waals surface area contributed by atoms with Crippen molar-refractivity contribution in [1.29, 1.82) is 0 Å². The molecule has 0 radical (unpaired) electrons. The third kappa shape index (κ3) is 3.64. The minimum Gasteiger partial charge on any atom is -0.389 e. The molecule has 4 nitrogen and oxygen atoms in total. The number of thiocarbonyl (C=S) groups is 1. The Morgan fingerprint density at radius 2 is 2.15 bits per heavy atom. The molecule has 0 aliphatic carbocycles. The van der Waals surface area contributed by atoms with E-state index in [1.807, 2.05) is 6.07 Å². The van der Waals surface area contributed by atoms with Gasteiger partial charge in [0.05, 0.1) is 0 Å². The molecular weight excluding hydrogens is 380 g/mol. The molecule has 1 heterocycles. The zero-order valence-corrected chi connectivity index (χ0v) is 14.2. The van der Waals surface area contributed by atoms with E-state index in [-0.39, 0.29) is 15.7 Å². The van der Waals surface area contributed by atoms with Crippen LogP contribution in [0.15, 0.2) is 44.4 Å². The molecule has 0 amide bonds. The summed E-state index contributed by atoms with van der Waals surface area (Å²) in [6.45, 7) is 0.184. The number of benzene rings is 1. The van der Waals surface area contributed by atoms with Gasteiger partial charge in [-0.3, -0.25) is 0 Å². The first-order valence-electron chi connectivity index (χ1n) is 5.51.